The molecule has 0 atom stereocenters. The molecule has 111 valence electrons. The van der Waals surface area contributed by atoms with Crippen molar-refractivity contribution in [2.75, 3.05) is 5.73 Å². The number of nitrogens with two attached hydrogens (primary N) is 1. The van der Waals surface area contributed by atoms with Crippen LogP contribution in [0.4, 0.5) is 5.69 Å². The summed E-state index contributed by atoms with van der Waals surface area (Å²) in [6.45, 7) is 5.33. The molecule has 0 aliphatic heterocycles. The van der Waals surface area contributed by atoms with Crippen LogP contribution < -0.4 is 10.5 Å². The van der Waals surface area contributed by atoms with Crippen molar-refractivity contribution in [2.24, 2.45) is 0 Å². The van der Waals surface area contributed by atoms with Gasteiger partial charge in [-0.25, -0.2) is 23.1 Å². The molecular formula is C14H17N4O2S. The van der Waals surface area contributed by atoms with Gasteiger partial charge in [-0.05, 0) is 26.8 Å². The summed E-state index contributed by atoms with van der Waals surface area (Å²) in [5, 5.41) is 0. The first kappa shape index (κ1) is 15.4. The Morgan fingerprint density at radius 3 is 2.52 bits per heavy atom. The van der Waals surface area contributed by atoms with Crippen LogP contribution in [-0.2, 0) is 10.0 Å². The van der Waals surface area contributed by atoms with Gasteiger partial charge in [-0.1, -0.05) is 18.2 Å². The van der Waals surface area contributed by atoms with Crippen LogP contribution in [0.15, 0.2) is 35.4 Å². The third-order valence-corrected chi connectivity index (χ3v) is 4.38. The van der Waals surface area contributed by atoms with Crippen molar-refractivity contribution in [3.05, 3.63) is 36.8 Å². The quantitative estimate of drug-likeness (QED) is 0.897. The maximum Gasteiger partial charge on any atom is 0.241 e. The molecule has 6 nitrogen and oxygen atoms in total. The van der Waals surface area contributed by atoms with E-state index in [9.17, 15) is 8.42 Å². The van der Waals surface area contributed by atoms with E-state index in [1.165, 1.54) is 12.3 Å². The van der Waals surface area contributed by atoms with Crippen LogP contribution >= 0.6 is 0 Å². The summed E-state index contributed by atoms with van der Waals surface area (Å²) in [6, 6.07) is 6.56. The van der Waals surface area contributed by atoms with Crippen LogP contribution in [0.3, 0.4) is 0 Å². The standard InChI is InChI=1S/C14H17N4O2S/c1-14(2,3)18-21(19,20)12-7-5-4-6-10(12)13-11(15)8-16-9-17-13/h4-8,18H,15H2,1-3H3. The molecule has 1 heterocycles. The Hall–Kier alpha value is -1.99. The molecule has 0 bridgehead atoms. The molecule has 1 aromatic heterocycles. The molecule has 0 amide bonds. The number of rotatable bonds is 3. The SMILES string of the molecule is CC(C)(C)NS(=O)(=O)c1ccccc1-c1n[c]ncc1N. The second-order valence-electron chi connectivity index (χ2n) is 5.63. The zero-order valence-corrected chi connectivity index (χ0v) is 12.9. The molecule has 7 heteroatoms. The fraction of sp³-hybridized carbons (Fsp3) is 0.286. The van der Waals surface area contributed by atoms with Crippen molar-refractivity contribution >= 4 is 15.7 Å². The summed E-state index contributed by atoms with van der Waals surface area (Å²) >= 11 is 0. The van der Waals surface area contributed by atoms with E-state index < -0.39 is 15.6 Å². The van der Waals surface area contributed by atoms with Crippen LogP contribution in [0, 0.1) is 6.33 Å². The van der Waals surface area contributed by atoms with Crippen LogP contribution in [0.1, 0.15) is 20.8 Å². The average Bonchev–Trinajstić information content (AvgIpc) is 2.36. The lowest BCUT2D eigenvalue weighted by Gasteiger charge is -2.21. The van der Waals surface area contributed by atoms with Crippen molar-refractivity contribution in [1.82, 2.24) is 14.7 Å². The summed E-state index contributed by atoms with van der Waals surface area (Å²) in [7, 11) is -3.69. The van der Waals surface area contributed by atoms with Gasteiger partial charge in [0, 0.05) is 11.1 Å². The van der Waals surface area contributed by atoms with E-state index in [1.54, 1.807) is 39.0 Å². The molecule has 0 fully saturated rings. The summed E-state index contributed by atoms with van der Waals surface area (Å²) in [6.07, 6.45) is 3.82. The zero-order valence-electron chi connectivity index (χ0n) is 12.1. The molecule has 2 rings (SSSR count). The molecule has 0 spiro atoms. The van der Waals surface area contributed by atoms with E-state index in [0.29, 0.717) is 16.9 Å². The van der Waals surface area contributed by atoms with Gasteiger partial charge >= 0.3 is 0 Å². The lowest BCUT2D eigenvalue weighted by Crippen LogP contribution is -2.40. The highest BCUT2D eigenvalue weighted by molar-refractivity contribution is 7.89. The molecule has 21 heavy (non-hydrogen) atoms. The molecule has 1 aromatic carbocycles. The van der Waals surface area contributed by atoms with Gasteiger partial charge in [-0.2, -0.15) is 0 Å². The average molecular weight is 305 g/mol. The van der Waals surface area contributed by atoms with Gasteiger partial charge in [0.2, 0.25) is 10.0 Å². The van der Waals surface area contributed by atoms with Gasteiger partial charge in [-0.15, -0.1) is 0 Å². The fourth-order valence-corrected chi connectivity index (χ4v) is 3.50. The van der Waals surface area contributed by atoms with Crippen LogP contribution in [0.2, 0.25) is 0 Å². The minimum absolute atomic E-state index is 0.124. The fourth-order valence-electron chi connectivity index (χ4n) is 1.87. The van der Waals surface area contributed by atoms with Gasteiger partial charge in [0.1, 0.15) is 0 Å². The largest absolute Gasteiger partial charge is 0.396 e. The third kappa shape index (κ3) is 3.56. The highest BCUT2D eigenvalue weighted by atomic mass is 32.2. The van der Waals surface area contributed by atoms with E-state index in [0.717, 1.165) is 0 Å². The minimum Gasteiger partial charge on any atom is -0.396 e. The molecular weight excluding hydrogens is 288 g/mol. The normalized spacial score (nSPS) is 12.3. The van der Waals surface area contributed by atoms with Crippen molar-refractivity contribution < 1.29 is 8.42 Å². The van der Waals surface area contributed by atoms with Crippen molar-refractivity contribution in [3.63, 3.8) is 0 Å². The van der Waals surface area contributed by atoms with E-state index in [1.807, 2.05) is 0 Å². The first-order valence-corrected chi connectivity index (χ1v) is 7.81. The van der Waals surface area contributed by atoms with Gasteiger partial charge in [0.05, 0.1) is 22.5 Å². The predicted molar refractivity (Wildman–Crippen MR) is 80.8 cm³/mol. The van der Waals surface area contributed by atoms with E-state index in [-0.39, 0.29) is 4.90 Å². The van der Waals surface area contributed by atoms with Crippen LogP contribution in [0.25, 0.3) is 11.3 Å². The van der Waals surface area contributed by atoms with E-state index >= 15 is 0 Å². The number of nitrogens with one attached hydrogen (secondary N) is 1. The van der Waals surface area contributed by atoms with Crippen molar-refractivity contribution in [1.29, 1.82) is 0 Å². The lowest BCUT2D eigenvalue weighted by molar-refractivity contribution is 0.491. The molecule has 0 saturated heterocycles. The summed E-state index contributed by atoms with van der Waals surface area (Å²) in [5.41, 5.74) is 6.31. The summed E-state index contributed by atoms with van der Waals surface area (Å²) in [5.74, 6) is 0. The Morgan fingerprint density at radius 1 is 1.24 bits per heavy atom. The smallest absolute Gasteiger partial charge is 0.241 e. The lowest BCUT2D eigenvalue weighted by atomic mass is 10.1. The first-order valence-electron chi connectivity index (χ1n) is 6.33. The second kappa shape index (κ2) is 5.42. The molecule has 0 aliphatic rings. The molecule has 0 unspecified atom stereocenters. The topological polar surface area (TPSA) is 98.0 Å². The minimum atomic E-state index is -3.69. The molecule has 3 N–H and O–H groups in total. The summed E-state index contributed by atoms with van der Waals surface area (Å²) in [4.78, 5) is 7.79. The number of aromatic nitrogens is 2. The second-order valence-corrected chi connectivity index (χ2v) is 7.28. The Labute approximate surface area is 124 Å². The number of nitrogen functional groups attached to an aromatic ring is 1. The number of benzene rings is 1. The highest BCUT2D eigenvalue weighted by Gasteiger charge is 2.25. The number of nitrogens with zero attached hydrogens (tertiary/aromatic N) is 2. The van der Waals surface area contributed by atoms with Crippen LogP contribution in [0.5, 0.6) is 0 Å². The molecule has 0 saturated carbocycles. The first-order chi connectivity index (χ1) is 9.71. The molecule has 1 radical (unpaired) electrons. The maximum atomic E-state index is 12.5. The monoisotopic (exact) mass is 305 g/mol. The maximum absolute atomic E-state index is 12.5. The summed E-state index contributed by atoms with van der Waals surface area (Å²) < 4.78 is 27.7. The Bertz CT molecular complexity index is 752. The molecule has 0 aliphatic carbocycles. The Kier molecular flexibility index (Phi) is 3.97. The predicted octanol–water partition coefficient (Wildman–Crippen LogP) is 1.60. The van der Waals surface area contributed by atoms with Crippen LogP contribution in [-0.4, -0.2) is 23.9 Å². The zero-order chi connectivity index (χ0) is 15.7. The Morgan fingerprint density at radius 2 is 1.90 bits per heavy atom. The number of anilines is 1. The number of hydrogen-bond acceptors (Lipinski definition) is 5. The van der Waals surface area contributed by atoms with Gasteiger partial charge in [0.25, 0.3) is 0 Å². The third-order valence-electron chi connectivity index (χ3n) is 2.57. The highest BCUT2D eigenvalue weighted by Crippen LogP contribution is 2.29. The van der Waals surface area contributed by atoms with Crippen molar-refractivity contribution in [3.8, 4) is 11.3 Å². The Balaban J connectivity index is 2.60. The van der Waals surface area contributed by atoms with E-state index in [4.69, 9.17) is 5.73 Å². The van der Waals surface area contributed by atoms with Gasteiger partial charge in [-0.3, -0.25) is 0 Å². The molecule has 2 aromatic rings. The van der Waals surface area contributed by atoms with Gasteiger partial charge in [0.15, 0.2) is 6.33 Å². The number of sulfonamides is 1. The van der Waals surface area contributed by atoms with E-state index in [2.05, 4.69) is 21.0 Å². The van der Waals surface area contributed by atoms with Crippen molar-refractivity contribution in [2.45, 2.75) is 31.2 Å². The number of hydrogen-bond donors (Lipinski definition) is 2. The van der Waals surface area contributed by atoms with Gasteiger partial charge < -0.3 is 5.73 Å².